The Kier molecular flexibility index (Phi) is 3.86. The quantitative estimate of drug-likeness (QED) is 0.792. The van der Waals surface area contributed by atoms with Crippen LogP contribution in [0.2, 0.25) is 0 Å². The van der Waals surface area contributed by atoms with E-state index in [1.54, 1.807) is 18.0 Å². The Bertz CT molecular complexity index is 499. The second-order valence-electron chi connectivity index (χ2n) is 3.78. The van der Waals surface area contributed by atoms with Crippen molar-refractivity contribution in [3.63, 3.8) is 0 Å². The number of aromatic nitrogens is 3. The molecule has 0 bridgehead atoms. The monoisotopic (exact) mass is 252 g/mol. The van der Waals surface area contributed by atoms with Gasteiger partial charge in [0, 0.05) is 31.3 Å². The van der Waals surface area contributed by atoms with Crippen LogP contribution < -0.4 is 5.32 Å². The summed E-state index contributed by atoms with van der Waals surface area (Å²) in [6.45, 7) is 2.28. The second-order valence-corrected chi connectivity index (χ2v) is 5.21. The molecule has 17 heavy (non-hydrogen) atoms. The zero-order valence-corrected chi connectivity index (χ0v) is 10.7. The molecule has 0 saturated carbocycles. The molecule has 0 spiro atoms. The van der Waals surface area contributed by atoms with Gasteiger partial charge in [-0.15, -0.1) is 0 Å². The SMILES string of the molecule is CNc1cn2ccnc2c(SC(C)CCO)n1. The van der Waals surface area contributed by atoms with Gasteiger partial charge in [0.2, 0.25) is 0 Å². The van der Waals surface area contributed by atoms with E-state index >= 15 is 0 Å². The molecule has 2 N–H and O–H groups in total. The highest BCUT2D eigenvalue weighted by Gasteiger charge is 2.11. The van der Waals surface area contributed by atoms with Crippen molar-refractivity contribution in [3.8, 4) is 0 Å². The fourth-order valence-corrected chi connectivity index (χ4v) is 2.55. The summed E-state index contributed by atoms with van der Waals surface area (Å²) in [5.41, 5.74) is 0.860. The number of fused-ring (bicyclic) bond motifs is 1. The van der Waals surface area contributed by atoms with E-state index < -0.39 is 0 Å². The lowest BCUT2D eigenvalue weighted by molar-refractivity contribution is 0.289. The summed E-state index contributed by atoms with van der Waals surface area (Å²) in [6, 6.07) is 0. The van der Waals surface area contributed by atoms with Gasteiger partial charge in [0.25, 0.3) is 0 Å². The van der Waals surface area contributed by atoms with Crippen LogP contribution in [0.25, 0.3) is 5.65 Å². The molecule has 2 aromatic heterocycles. The smallest absolute Gasteiger partial charge is 0.169 e. The number of nitrogens with zero attached hydrogens (tertiary/aromatic N) is 3. The number of nitrogens with one attached hydrogen (secondary N) is 1. The Morgan fingerprint density at radius 1 is 1.59 bits per heavy atom. The number of imidazole rings is 1. The molecular formula is C11H16N4OS. The average molecular weight is 252 g/mol. The van der Waals surface area contributed by atoms with Crippen LogP contribution in [0.5, 0.6) is 0 Å². The van der Waals surface area contributed by atoms with Crippen molar-refractivity contribution < 1.29 is 5.11 Å². The van der Waals surface area contributed by atoms with E-state index in [2.05, 4.69) is 22.2 Å². The zero-order chi connectivity index (χ0) is 12.3. The number of anilines is 1. The van der Waals surface area contributed by atoms with Crippen molar-refractivity contribution in [1.82, 2.24) is 14.4 Å². The van der Waals surface area contributed by atoms with Crippen LogP contribution in [0.3, 0.4) is 0 Å². The molecule has 5 nitrogen and oxygen atoms in total. The van der Waals surface area contributed by atoms with E-state index in [1.165, 1.54) is 0 Å². The lowest BCUT2D eigenvalue weighted by atomic mass is 10.3. The number of aliphatic hydroxyl groups excluding tert-OH is 1. The van der Waals surface area contributed by atoms with Gasteiger partial charge in [-0.3, -0.25) is 0 Å². The standard InChI is InChI=1S/C11H16N4OS/c1-8(3-6-16)17-11-10-13-4-5-15(10)7-9(12-2)14-11/h4-5,7-8,12,16H,3,6H2,1-2H3. The van der Waals surface area contributed by atoms with Gasteiger partial charge >= 0.3 is 0 Å². The second kappa shape index (κ2) is 5.37. The van der Waals surface area contributed by atoms with Crippen molar-refractivity contribution >= 4 is 23.2 Å². The van der Waals surface area contributed by atoms with E-state index in [0.29, 0.717) is 5.25 Å². The van der Waals surface area contributed by atoms with E-state index in [9.17, 15) is 0 Å². The van der Waals surface area contributed by atoms with Crippen molar-refractivity contribution in [2.24, 2.45) is 0 Å². The lowest BCUT2D eigenvalue weighted by Crippen LogP contribution is -2.03. The van der Waals surface area contributed by atoms with Gasteiger partial charge in [0.15, 0.2) is 5.65 Å². The Hall–Kier alpha value is -1.27. The summed E-state index contributed by atoms with van der Waals surface area (Å²) in [5.74, 6) is 0.814. The van der Waals surface area contributed by atoms with Gasteiger partial charge in [-0.05, 0) is 6.42 Å². The molecule has 1 unspecified atom stereocenters. The topological polar surface area (TPSA) is 62.5 Å². The molecular weight excluding hydrogens is 236 g/mol. The molecule has 6 heteroatoms. The van der Waals surface area contributed by atoms with Crippen LogP contribution in [0.4, 0.5) is 5.82 Å². The molecule has 0 aliphatic heterocycles. The van der Waals surface area contributed by atoms with E-state index in [1.807, 2.05) is 23.8 Å². The highest BCUT2D eigenvalue weighted by Crippen LogP contribution is 2.27. The summed E-state index contributed by atoms with van der Waals surface area (Å²) >= 11 is 1.64. The molecule has 0 radical (unpaired) electrons. The number of aliphatic hydroxyl groups is 1. The summed E-state index contributed by atoms with van der Waals surface area (Å²) in [4.78, 5) is 8.80. The van der Waals surface area contributed by atoms with Crippen LogP contribution >= 0.6 is 11.8 Å². The van der Waals surface area contributed by atoms with Gasteiger partial charge in [0.05, 0.1) is 6.20 Å². The predicted octanol–water partition coefficient (Wildman–Crippen LogP) is 1.63. The Balaban J connectivity index is 2.33. The molecule has 2 heterocycles. The molecule has 0 fully saturated rings. The maximum atomic E-state index is 8.92. The maximum Gasteiger partial charge on any atom is 0.169 e. The third-order valence-corrected chi connectivity index (χ3v) is 3.58. The third-order valence-electron chi connectivity index (χ3n) is 2.45. The molecule has 2 aromatic rings. The fourth-order valence-electron chi connectivity index (χ4n) is 1.53. The van der Waals surface area contributed by atoms with Crippen LogP contribution in [-0.2, 0) is 0 Å². The third kappa shape index (κ3) is 2.70. The van der Waals surface area contributed by atoms with Crippen molar-refractivity contribution in [3.05, 3.63) is 18.6 Å². The molecule has 0 aliphatic carbocycles. The molecule has 0 aromatic carbocycles. The highest BCUT2D eigenvalue weighted by molar-refractivity contribution is 8.00. The molecule has 0 amide bonds. The first-order valence-corrected chi connectivity index (χ1v) is 6.41. The fraction of sp³-hybridized carbons (Fsp3) is 0.455. The van der Waals surface area contributed by atoms with Crippen LogP contribution in [0.1, 0.15) is 13.3 Å². The first-order chi connectivity index (χ1) is 8.24. The van der Waals surface area contributed by atoms with Gasteiger partial charge in [-0.2, -0.15) is 0 Å². The molecule has 0 saturated heterocycles. The zero-order valence-electron chi connectivity index (χ0n) is 9.92. The maximum absolute atomic E-state index is 8.92. The number of rotatable bonds is 5. The number of thioether (sulfide) groups is 1. The van der Waals surface area contributed by atoms with Crippen LogP contribution in [0, 0.1) is 0 Å². The summed E-state index contributed by atoms with van der Waals surface area (Å²) in [6.07, 6.45) is 6.32. The molecule has 1 atom stereocenters. The van der Waals surface area contributed by atoms with Gasteiger partial charge in [-0.1, -0.05) is 18.7 Å². The van der Waals surface area contributed by atoms with Crippen molar-refractivity contribution in [2.75, 3.05) is 19.0 Å². The highest BCUT2D eigenvalue weighted by atomic mass is 32.2. The average Bonchev–Trinajstić information content (AvgIpc) is 2.77. The summed E-state index contributed by atoms with van der Waals surface area (Å²) in [5, 5.41) is 13.2. The Morgan fingerprint density at radius 3 is 3.12 bits per heavy atom. The summed E-state index contributed by atoms with van der Waals surface area (Å²) in [7, 11) is 1.84. The largest absolute Gasteiger partial charge is 0.396 e. The summed E-state index contributed by atoms with van der Waals surface area (Å²) < 4.78 is 1.95. The van der Waals surface area contributed by atoms with Gasteiger partial charge in [-0.25, -0.2) is 9.97 Å². The van der Waals surface area contributed by atoms with E-state index in [-0.39, 0.29) is 6.61 Å². The minimum Gasteiger partial charge on any atom is -0.396 e. The Labute approximate surface area is 104 Å². The predicted molar refractivity (Wildman–Crippen MR) is 69.6 cm³/mol. The van der Waals surface area contributed by atoms with Gasteiger partial charge in [0.1, 0.15) is 10.8 Å². The van der Waals surface area contributed by atoms with Crippen molar-refractivity contribution in [1.29, 1.82) is 0 Å². The van der Waals surface area contributed by atoms with Crippen molar-refractivity contribution in [2.45, 2.75) is 23.6 Å². The molecule has 0 aliphatic rings. The minimum atomic E-state index is 0.199. The van der Waals surface area contributed by atoms with Crippen LogP contribution in [0.15, 0.2) is 23.6 Å². The van der Waals surface area contributed by atoms with E-state index in [4.69, 9.17) is 5.11 Å². The Morgan fingerprint density at radius 2 is 2.41 bits per heavy atom. The van der Waals surface area contributed by atoms with Gasteiger partial charge < -0.3 is 14.8 Å². The number of hydrogen-bond donors (Lipinski definition) is 2. The minimum absolute atomic E-state index is 0.199. The first kappa shape index (κ1) is 12.2. The van der Waals surface area contributed by atoms with E-state index in [0.717, 1.165) is 22.9 Å². The first-order valence-electron chi connectivity index (χ1n) is 5.53. The number of hydrogen-bond acceptors (Lipinski definition) is 5. The molecule has 92 valence electrons. The normalized spacial score (nSPS) is 12.9. The molecule has 2 rings (SSSR count). The van der Waals surface area contributed by atoms with Crippen LogP contribution in [-0.4, -0.2) is 38.4 Å². The lowest BCUT2D eigenvalue weighted by Gasteiger charge is -2.10.